The molecule has 2 nitrogen and oxygen atoms in total. The van der Waals surface area contributed by atoms with Gasteiger partial charge in [-0.25, -0.2) is 4.79 Å². The van der Waals surface area contributed by atoms with Gasteiger partial charge in [-0.05, 0) is 87.4 Å². The van der Waals surface area contributed by atoms with Gasteiger partial charge in [0, 0.05) is 0 Å². The minimum atomic E-state index is -0.297. The van der Waals surface area contributed by atoms with Gasteiger partial charge in [-0.15, -0.1) is 0 Å². The summed E-state index contributed by atoms with van der Waals surface area (Å²) in [7, 11) is 1.42. The molecular weight excluding hydrogens is 356 g/mol. The zero-order valence-electron chi connectivity index (χ0n) is 18.3. The first-order valence-electron chi connectivity index (χ1n) is 10.4. The van der Waals surface area contributed by atoms with Crippen molar-refractivity contribution < 1.29 is 9.53 Å². The molecule has 3 aromatic carbocycles. The maximum Gasteiger partial charge on any atom is 0.337 e. The van der Waals surface area contributed by atoms with E-state index in [0.29, 0.717) is 5.56 Å². The number of methoxy groups -OCH3 is 1. The zero-order chi connectivity index (χ0) is 21.0. The minimum absolute atomic E-state index is 0.202. The molecule has 0 atom stereocenters. The topological polar surface area (TPSA) is 26.3 Å². The van der Waals surface area contributed by atoms with Crippen molar-refractivity contribution in [3.8, 4) is 11.1 Å². The third-order valence-electron chi connectivity index (χ3n) is 6.77. The Hall–Kier alpha value is -2.61. The van der Waals surface area contributed by atoms with E-state index in [9.17, 15) is 4.79 Å². The molecule has 0 amide bonds. The smallest absolute Gasteiger partial charge is 0.337 e. The van der Waals surface area contributed by atoms with Crippen LogP contribution in [0, 0.1) is 6.92 Å². The molecule has 1 aliphatic rings. The molecular formula is C27H30O2. The molecule has 0 spiro atoms. The van der Waals surface area contributed by atoms with E-state index in [1.807, 2.05) is 25.1 Å². The standard InChI is InChI=1S/C27H30O2/c1-17-13-20(25(28)29-6)9-10-22(17)19-8-7-18-15-23-24(16-21(18)14-19)27(4,5)12-11-26(23,2)3/h7-10,13-16H,11-12H2,1-6H3. The van der Waals surface area contributed by atoms with E-state index < -0.39 is 0 Å². The fourth-order valence-electron chi connectivity index (χ4n) is 4.71. The Balaban J connectivity index is 1.84. The van der Waals surface area contributed by atoms with Crippen LogP contribution in [0.3, 0.4) is 0 Å². The molecule has 1 aliphatic carbocycles. The van der Waals surface area contributed by atoms with Gasteiger partial charge in [-0.2, -0.15) is 0 Å². The predicted molar refractivity (Wildman–Crippen MR) is 121 cm³/mol. The second-order valence-electron chi connectivity index (χ2n) is 9.75. The molecule has 4 rings (SSSR count). The Labute approximate surface area is 173 Å². The van der Waals surface area contributed by atoms with Crippen LogP contribution >= 0.6 is 0 Å². The van der Waals surface area contributed by atoms with Gasteiger partial charge in [0.2, 0.25) is 0 Å². The van der Waals surface area contributed by atoms with E-state index in [1.165, 1.54) is 47.4 Å². The molecule has 2 heteroatoms. The number of hydrogen-bond donors (Lipinski definition) is 0. The van der Waals surface area contributed by atoms with Crippen LogP contribution in [0.15, 0.2) is 48.5 Å². The molecule has 0 saturated heterocycles. The maximum atomic E-state index is 11.8. The number of carbonyl (C=O) groups is 1. The van der Waals surface area contributed by atoms with Gasteiger partial charge in [-0.1, -0.05) is 58.0 Å². The third kappa shape index (κ3) is 3.35. The van der Waals surface area contributed by atoms with E-state index in [1.54, 1.807) is 0 Å². The lowest BCUT2D eigenvalue weighted by atomic mass is 9.63. The predicted octanol–water partition coefficient (Wildman–Crippen LogP) is 6.95. The number of carbonyl (C=O) groups excluding carboxylic acids is 1. The highest BCUT2D eigenvalue weighted by Gasteiger charge is 2.37. The molecule has 0 radical (unpaired) electrons. The lowest BCUT2D eigenvalue weighted by Crippen LogP contribution is -2.33. The quantitative estimate of drug-likeness (QED) is 0.445. The number of ether oxygens (including phenoxy) is 1. The summed E-state index contributed by atoms with van der Waals surface area (Å²) in [6, 6.07) is 17.3. The van der Waals surface area contributed by atoms with Crippen molar-refractivity contribution in [2.75, 3.05) is 7.11 Å². The van der Waals surface area contributed by atoms with Crippen LogP contribution in [-0.2, 0) is 15.6 Å². The van der Waals surface area contributed by atoms with Crippen molar-refractivity contribution in [1.29, 1.82) is 0 Å². The van der Waals surface area contributed by atoms with Gasteiger partial charge in [0.05, 0.1) is 12.7 Å². The van der Waals surface area contributed by atoms with Crippen LogP contribution < -0.4 is 0 Å². The average molecular weight is 387 g/mol. The molecule has 29 heavy (non-hydrogen) atoms. The van der Waals surface area contributed by atoms with E-state index >= 15 is 0 Å². The lowest BCUT2D eigenvalue weighted by molar-refractivity contribution is 0.0600. The fraction of sp³-hybridized carbons (Fsp3) is 0.370. The van der Waals surface area contributed by atoms with Crippen LogP contribution in [0.25, 0.3) is 21.9 Å². The molecule has 0 unspecified atom stereocenters. The Morgan fingerprint density at radius 1 is 0.828 bits per heavy atom. The Kier molecular flexibility index (Phi) is 4.57. The second-order valence-corrected chi connectivity index (χ2v) is 9.75. The van der Waals surface area contributed by atoms with Gasteiger partial charge < -0.3 is 4.74 Å². The first kappa shape index (κ1) is 19.7. The number of benzene rings is 3. The summed E-state index contributed by atoms with van der Waals surface area (Å²) in [5.74, 6) is -0.297. The fourth-order valence-corrected chi connectivity index (χ4v) is 4.71. The Morgan fingerprint density at radius 2 is 1.45 bits per heavy atom. The van der Waals surface area contributed by atoms with Crippen molar-refractivity contribution in [1.82, 2.24) is 0 Å². The molecule has 0 aliphatic heterocycles. The van der Waals surface area contributed by atoms with Gasteiger partial charge in [0.1, 0.15) is 0 Å². The summed E-state index contributed by atoms with van der Waals surface area (Å²) in [6.45, 7) is 11.5. The first-order valence-corrected chi connectivity index (χ1v) is 10.4. The monoisotopic (exact) mass is 386 g/mol. The number of aryl methyl sites for hydroxylation is 1. The van der Waals surface area contributed by atoms with Crippen molar-refractivity contribution >= 4 is 16.7 Å². The molecule has 0 bridgehead atoms. The lowest BCUT2D eigenvalue weighted by Gasteiger charge is -2.42. The molecule has 0 N–H and O–H groups in total. The second kappa shape index (κ2) is 6.73. The largest absolute Gasteiger partial charge is 0.465 e. The summed E-state index contributed by atoms with van der Waals surface area (Å²) >= 11 is 0. The van der Waals surface area contributed by atoms with Crippen LogP contribution in [-0.4, -0.2) is 13.1 Å². The number of fused-ring (bicyclic) bond motifs is 2. The summed E-state index contributed by atoms with van der Waals surface area (Å²) in [4.78, 5) is 11.8. The molecule has 3 aromatic rings. The number of esters is 1. The van der Waals surface area contributed by atoms with Crippen molar-refractivity contribution in [3.63, 3.8) is 0 Å². The average Bonchev–Trinajstić information content (AvgIpc) is 2.69. The molecule has 0 aromatic heterocycles. The third-order valence-corrected chi connectivity index (χ3v) is 6.77. The number of hydrogen-bond acceptors (Lipinski definition) is 2. The van der Waals surface area contributed by atoms with Crippen LogP contribution in [0.2, 0.25) is 0 Å². The SMILES string of the molecule is COC(=O)c1ccc(-c2ccc3cc4c(cc3c2)C(C)(C)CCC4(C)C)c(C)c1. The normalized spacial score (nSPS) is 17.0. The van der Waals surface area contributed by atoms with Gasteiger partial charge >= 0.3 is 5.97 Å². The molecule has 150 valence electrons. The van der Waals surface area contributed by atoms with Gasteiger partial charge in [-0.3, -0.25) is 0 Å². The van der Waals surface area contributed by atoms with Crippen molar-refractivity contribution in [2.24, 2.45) is 0 Å². The molecule has 0 fully saturated rings. The molecule has 0 heterocycles. The zero-order valence-corrected chi connectivity index (χ0v) is 18.3. The highest BCUT2D eigenvalue weighted by Crippen LogP contribution is 2.47. The van der Waals surface area contributed by atoms with Gasteiger partial charge in [0.25, 0.3) is 0 Å². The van der Waals surface area contributed by atoms with Gasteiger partial charge in [0.15, 0.2) is 0 Å². The van der Waals surface area contributed by atoms with Crippen molar-refractivity contribution in [2.45, 2.75) is 58.3 Å². The minimum Gasteiger partial charge on any atom is -0.465 e. The number of rotatable bonds is 2. The van der Waals surface area contributed by atoms with Crippen molar-refractivity contribution in [3.05, 3.63) is 70.8 Å². The summed E-state index contributed by atoms with van der Waals surface area (Å²) in [5.41, 5.74) is 7.39. The van der Waals surface area contributed by atoms with E-state index in [-0.39, 0.29) is 16.8 Å². The Morgan fingerprint density at radius 3 is 2.03 bits per heavy atom. The summed E-state index contributed by atoms with van der Waals surface area (Å²) in [5, 5.41) is 2.57. The highest BCUT2D eigenvalue weighted by molar-refractivity contribution is 5.92. The maximum absolute atomic E-state index is 11.8. The van der Waals surface area contributed by atoms with E-state index in [4.69, 9.17) is 4.74 Å². The first-order chi connectivity index (χ1) is 13.6. The van der Waals surface area contributed by atoms with E-state index in [0.717, 1.165) is 11.1 Å². The van der Waals surface area contributed by atoms with Crippen LogP contribution in [0.5, 0.6) is 0 Å². The Bertz CT molecular complexity index is 1120. The van der Waals surface area contributed by atoms with E-state index in [2.05, 4.69) is 58.0 Å². The summed E-state index contributed by atoms with van der Waals surface area (Å²) in [6.07, 6.45) is 2.44. The molecule has 0 saturated carbocycles. The summed E-state index contributed by atoms with van der Waals surface area (Å²) < 4.78 is 4.84. The van der Waals surface area contributed by atoms with Crippen LogP contribution in [0.1, 0.15) is 67.6 Å². The van der Waals surface area contributed by atoms with Crippen LogP contribution in [0.4, 0.5) is 0 Å². The highest BCUT2D eigenvalue weighted by atomic mass is 16.5.